The summed E-state index contributed by atoms with van der Waals surface area (Å²) in [5, 5.41) is 9.39. The molecule has 0 aromatic carbocycles. The van der Waals surface area contributed by atoms with Gasteiger partial charge in [0.1, 0.15) is 5.60 Å². The fourth-order valence-corrected chi connectivity index (χ4v) is 5.29. The maximum absolute atomic E-state index is 13.3. The zero-order chi connectivity index (χ0) is 28.9. The molecule has 0 aliphatic heterocycles. The minimum Gasteiger partial charge on any atom is -0.481 e. The molecule has 0 spiro atoms. The van der Waals surface area contributed by atoms with Crippen LogP contribution in [0.4, 0.5) is 0 Å². The number of hydrogen-bond donors (Lipinski definition) is 1. The molecule has 0 aromatic heterocycles. The molecule has 0 saturated carbocycles. The smallest absolute Gasteiger partial charge is 0.309 e. The first-order valence-corrected chi connectivity index (χ1v) is 13.7. The van der Waals surface area contributed by atoms with Gasteiger partial charge in [0.2, 0.25) is 0 Å². The summed E-state index contributed by atoms with van der Waals surface area (Å²) >= 11 is 0. The fourth-order valence-electron chi connectivity index (χ4n) is 5.29. The summed E-state index contributed by atoms with van der Waals surface area (Å²) in [5.41, 5.74) is 1.03. The summed E-state index contributed by atoms with van der Waals surface area (Å²) in [6.07, 6.45) is 12.7. The van der Waals surface area contributed by atoms with Crippen molar-refractivity contribution in [2.75, 3.05) is 0 Å². The number of carbonyl (C=O) groups excluding carboxylic acids is 3. The lowest BCUT2D eigenvalue weighted by Gasteiger charge is -2.28. The average Bonchev–Trinajstić information content (AvgIpc) is 2.76. The molecule has 0 bridgehead atoms. The van der Waals surface area contributed by atoms with Crippen LogP contribution in [-0.4, -0.2) is 34.7 Å². The predicted octanol–water partition coefficient (Wildman–Crippen LogP) is 7.09. The molecule has 210 valence electrons. The Labute approximate surface area is 228 Å². The van der Waals surface area contributed by atoms with E-state index < -0.39 is 17.0 Å². The van der Waals surface area contributed by atoms with Crippen LogP contribution in [0.1, 0.15) is 107 Å². The molecule has 0 fully saturated rings. The van der Waals surface area contributed by atoms with Crippen LogP contribution in [0, 0.1) is 16.2 Å². The molecule has 0 unspecified atom stereocenters. The minimum atomic E-state index is -0.831. The second-order valence-corrected chi connectivity index (χ2v) is 13.3. The van der Waals surface area contributed by atoms with Crippen LogP contribution in [-0.2, 0) is 23.9 Å². The van der Waals surface area contributed by atoms with E-state index in [0.717, 1.165) is 28.7 Å². The number of rotatable bonds is 14. The van der Waals surface area contributed by atoms with Gasteiger partial charge in [0.15, 0.2) is 11.6 Å². The number of carboxylic acids is 1. The number of ether oxygens (including phenoxy) is 1. The third kappa shape index (κ3) is 8.92. The normalized spacial score (nSPS) is 19.3. The number of aliphatic carboxylic acids is 1. The highest BCUT2D eigenvalue weighted by molar-refractivity contribution is 6.11. The first-order valence-electron chi connectivity index (χ1n) is 13.7. The molecule has 0 amide bonds. The number of Topliss-reactive ketones (excluding diaryl/α,β-unsaturated/α-hetero) is 2. The summed E-state index contributed by atoms with van der Waals surface area (Å²) in [6, 6.07) is 0. The Balaban J connectivity index is 2.06. The van der Waals surface area contributed by atoms with E-state index >= 15 is 0 Å². The van der Waals surface area contributed by atoms with Crippen LogP contribution < -0.4 is 0 Å². The highest BCUT2D eigenvalue weighted by Gasteiger charge is 2.31. The zero-order valence-corrected chi connectivity index (χ0v) is 24.5. The quantitative estimate of drug-likeness (QED) is 0.243. The van der Waals surface area contributed by atoms with E-state index in [0.29, 0.717) is 51.4 Å². The summed E-state index contributed by atoms with van der Waals surface area (Å²) in [4.78, 5) is 48.8. The summed E-state index contributed by atoms with van der Waals surface area (Å²) in [6.45, 7) is 15.9. The van der Waals surface area contributed by atoms with Gasteiger partial charge in [-0.2, -0.15) is 0 Å². The van der Waals surface area contributed by atoms with Crippen molar-refractivity contribution in [2.45, 2.75) is 112 Å². The lowest BCUT2D eigenvalue weighted by Crippen LogP contribution is -2.25. The molecule has 1 N–H and O–H groups in total. The van der Waals surface area contributed by atoms with Gasteiger partial charge < -0.3 is 9.84 Å². The lowest BCUT2D eigenvalue weighted by molar-refractivity contribution is -0.147. The molecule has 2 aliphatic rings. The molecule has 0 radical (unpaired) electrons. The molecule has 0 aromatic rings. The zero-order valence-electron chi connectivity index (χ0n) is 24.5. The first-order chi connectivity index (χ1) is 17.4. The lowest BCUT2D eigenvalue weighted by atomic mass is 9.75. The number of allylic oxidation sites excluding steroid dienone is 8. The van der Waals surface area contributed by atoms with Gasteiger partial charge in [-0.1, -0.05) is 52.0 Å². The standard InChI is InChI=1S/C32H46O6/c1-29(2)17-22(11-9-15-31(5,6)28(36)37)26(34)24(19-29)13-14-25-20-30(3,4)18-23(27(25)35)12-10-16-32(7,8)38-21-33/h17-21H,9-16H2,1-8H3,(H,36,37). The van der Waals surface area contributed by atoms with E-state index in [2.05, 4.69) is 27.7 Å². The van der Waals surface area contributed by atoms with Crippen LogP contribution in [0.2, 0.25) is 0 Å². The molecule has 0 heterocycles. The van der Waals surface area contributed by atoms with Crippen molar-refractivity contribution < 1.29 is 29.0 Å². The molecule has 2 aliphatic carbocycles. The monoisotopic (exact) mass is 526 g/mol. The van der Waals surface area contributed by atoms with Crippen molar-refractivity contribution in [1.82, 2.24) is 0 Å². The van der Waals surface area contributed by atoms with Crippen LogP contribution in [0.3, 0.4) is 0 Å². The number of carbonyl (C=O) groups is 4. The largest absolute Gasteiger partial charge is 0.481 e. The number of carboxylic acid groups (broad SMARTS) is 1. The van der Waals surface area contributed by atoms with Gasteiger partial charge in [-0.3, -0.25) is 19.2 Å². The molecule has 0 atom stereocenters. The van der Waals surface area contributed by atoms with Crippen molar-refractivity contribution in [3.8, 4) is 0 Å². The van der Waals surface area contributed by atoms with Crippen LogP contribution >= 0.6 is 0 Å². The highest BCUT2D eigenvalue weighted by Crippen LogP contribution is 2.37. The van der Waals surface area contributed by atoms with Gasteiger partial charge in [0, 0.05) is 10.8 Å². The molecule has 2 rings (SSSR count). The Morgan fingerprint density at radius 1 is 0.763 bits per heavy atom. The average molecular weight is 527 g/mol. The molecule has 6 nitrogen and oxygen atoms in total. The molecular formula is C32H46O6. The maximum atomic E-state index is 13.3. The minimum absolute atomic E-state index is 0.00810. The van der Waals surface area contributed by atoms with Crippen molar-refractivity contribution in [2.24, 2.45) is 16.2 Å². The Morgan fingerprint density at radius 2 is 1.13 bits per heavy atom. The maximum Gasteiger partial charge on any atom is 0.309 e. The van der Waals surface area contributed by atoms with Crippen molar-refractivity contribution in [1.29, 1.82) is 0 Å². The number of hydrogen-bond acceptors (Lipinski definition) is 5. The molecule has 38 heavy (non-hydrogen) atoms. The Bertz CT molecular complexity index is 1080. The molecule has 6 heteroatoms. The van der Waals surface area contributed by atoms with Crippen molar-refractivity contribution in [3.05, 3.63) is 46.6 Å². The molecular weight excluding hydrogens is 480 g/mol. The highest BCUT2D eigenvalue weighted by atomic mass is 16.5. The van der Waals surface area contributed by atoms with E-state index in [-0.39, 0.29) is 22.4 Å². The second-order valence-electron chi connectivity index (χ2n) is 13.3. The fraction of sp³-hybridized carbons (Fsp3) is 0.625. The predicted molar refractivity (Wildman–Crippen MR) is 149 cm³/mol. The van der Waals surface area contributed by atoms with Gasteiger partial charge in [-0.25, -0.2) is 0 Å². The van der Waals surface area contributed by atoms with Crippen LogP contribution in [0.15, 0.2) is 46.6 Å². The van der Waals surface area contributed by atoms with E-state index in [1.54, 1.807) is 13.8 Å². The van der Waals surface area contributed by atoms with Gasteiger partial charge in [-0.15, -0.1) is 0 Å². The first kappa shape index (κ1) is 31.5. The third-order valence-electron chi connectivity index (χ3n) is 7.43. The Kier molecular flexibility index (Phi) is 9.90. The summed E-state index contributed by atoms with van der Waals surface area (Å²) < 4.78 is 5.14. The molecule has 0 saturated heterocycles. The van der Waals surface area contributed by atoms with Crippen molar-refractivity contribution >= 4 is 24.0 Å². The van der Waals surface area contributed by atoms with E-state index in [1.165, 1.54) is 0 Å². The van der Waals surface area contributed by atoms with E-state index in [1.807, 2.05) is 38.2 Å². The second kappa shape index (κ2) is 12.0. The van der Waals surface area contributed by atoms with E-state index in [9.17, 15) is 24.3 Å². The Hall–Kier alpha value is -2.76. The Morgan fingerprint density at radius 3 is 1.50 bits per heavy atom. The SMILES string of the molecule is CC1(C)C=C(CCCC(C)(C)OC=O)C(=O)C(CCC2=CC(C)(C)C=C(CCCC(C)(C)C(=O)O)C2=O)=C1. The summed E-state index contributed by atoms with van der Waals surface area (Å²) in [5.74, 6) is -0.788. The van der Waals surface area contributed by atoms with E-state index in [4.69, 9.17) is 4.74 Å². The third-order valence-corrected chi connectivity index (χ3v) is 7.43. The van der Waals surface area contributed by atoms with Crippen LogP contribution in [0.25, 0.3) is 0 Å². The van der Waals surface area contributed by atoms with Gasteiger partial charge in [0.05, 0.1) is 5.41 Å². The van der Waals surface area contributed by atoms with Gasteiger partial charge >= 0.3 is 5.97 Å². The van der Waals surface area contributed by atoms with Crippen LogP contribution in [0.5, 0.6) is 0 Å². The number of ketones is 2. The van der Waals surface area contributed by atoms with Gasteiger partial charge in [-0.05, 0) is 101 Å². The van der Waals surface area contributed by atoms with Crippen molar-refractivity contribution in [3.63, 3.8) is 0 Å². The summed E-state index contributed by atoms with van der Waals surface area (Å²) in [7, 11) is 0. The topological polar surface area (TPSA) is 97.7 Å². The van der Waals surface area contributed by atoms with Gasteiger partial charge in [0.25, 0.3) is 6.47 Å².